The Hall–Kier alpha value is -3.39. The number of nitriles is 1. The summed E-state index contributed by atoms with van der Waals surface area (Å²) < 4.78 is 5.17. The summed E-state index contributed by atoms with van der Waals surface area (Å²) in [4.78, 5) is 23.8. The van der Waals surface area contributed by atoms with Crippen molar-refractivity contribution in [1.82, 2.24) is 5.32 Å². The average Bonchev–Trinajstić information content (AvgIpc) is 2.65. The van der Waals surface area contributed by atoms with Gasteiger partial charge in [-0.3, -0.25) is 4.79 Å². The first-order chi connectivity index (χ1) is 12.1. The molecule has 5 heteroatoms. The van der Waals surface area contributed by atoms with Crippen molar-refractivity contribution < 1.29 is 14.3 Å². The molecular formula is C20H18N2O3. The first kappa shape index (κ1) is 18.0. The van der Waals surface area contributed by atoms with Crippen molar-refractivity contribution in [2.24, 2.45) is 0 Å². The van der Waals surface area contributed by atoms with Crippen LogP contribution in [0, 0.1) is 11.3 Å². The summed E-state index contributed by atoms with van der Waals surface area (Å²) in [6.45, 7) is 1.65. The number of esters is 1. The van der Waals surface area contributed by atoms with Gasteiger partial charge in [0.15, 0.2) is 0 Å². The minimum Gasteiger partial charge on any atom is -0.459 e. The molecular weight excluding hydrogens is 316 g/mol. The highest BCUT2D eigenvalue weighted by atomic mass is 16.5. The van der Waals surface area contributed by atoms with E-state index >= 15 is 0 Å². The maximum Gasteiger partial charge on any atom is 0.328 e. The summed E-state index contributed by atoms with van der Waals surface area (Å²) >= 11 is 0. The topological polar surface area (TPSA) is 79.2 Å². The van der Waals surface area contributed by atoms with E-state index in [4.69, 9.17) is 10.00 Å². The van der Waals surface area contributed by atoms with Gasteiger partial charge < -0.3 is 10.1 Å². The van der Waals surface area contributed by atoms with Gasteiger partial charge in [0, 0.05) is 6.08 Å². The highest BCUT2D eigenvalue weighted by Crippen LogP contribution is 2.06. The summed E-state index contributed by atoms with van der Waals surface area (Å²) in [5.41, 5.74) is 2.21. The van der Waals surface area contributed by atoms with Crippen molar-refractivity contribution in [3.63, 3.8) is 0 Å². The molecule has 0 aliphatic rings. The molecule has 0 saturated carbocycles. The molecule has 0 saturated heterocycles. The Morgan fingerprint density at radius 1 is 1.16 bits per heavy atom. The van der Waals surface area contributed by atoms with Gasteiger partial charge in [-0.05, 0) is 36.3 Å². The fraction of sp³-hybridized carbons (Fsp3) is 0.150. The Balaban J connectivity index is 1.80. The second-order valence-electron chi connectivity index (χ2n) is 5.39. The molecule has 1 N–H and O–H groups in total. The quantitative estimate of drug-likeness (QED) is 0.651. The van der Waals surface area contributed by atoms with Gasteiger partial charge in [-0.25, -0.2) is 4.79 Å². The standard InChI is InChI=1S/C20H18N2O3/c1-15(22-19(23)12-11-16-5-3-2-4-6-16)20(24)25-14-18-9-7-17(13-21)8-10-18/h2-12,15H,14H2,1H3,(H,22,23)/b12-11+/t15-/m0/s1. The molecule has 0 heterocycles. The highest BCUT2D eigenvalue weighted by Gasteiger charge is 2.15. The number of nitrogens with one attached hydrogen (secondary N) is 1. The summed E-state index contributed by atoms with van der Waals surface area (Å²) in [5, 5.41) is 11.3. The van der Waals surface area contributed by atoms with Crippen molar-refractivity contribution >= 4 is 18.0 Å². The summed E-state index contributed by atoms with van der Waals surface area (Å²) in [6.07, 6.45) is 3.05. The van der Waals surface area contributed by atoms with Crippen LogP contribution in [-0.4, -0.2) is 17.9 Å². The largest absolute Gasteiger partial charge is 0.459 e. The molecule has 2 aromatic carbocycles. The van der Waals surface area contributed by atoms with Crippen LogP contribution in [0.5, 0.6) is 0 Å². The third kappa shape index (κ3) is 5.96. The lowest BCUT2D eigenvalue weighted by Crippen LogP contribution is -2.38. The van der Waals surface area contributed by atoms with Crippen LogP contribution >= 0.6 is 0 Å². The third-order valence-corrected chi connectivity index (χ3v) is 3.40. The SMILES string of the molecule is C[C@H](NC(=O)/C=C/c1ccccc1)C(=O)OCc1ccc(C#N)cc1. The first-order valence-electron chi connectivity index (χ1n) is 7.78. The zero-order chi connectivity index (χ0) is 18.1. The van der Waals surface area contributed by atoms with Gasteiger partial charge in [0.25, 0.3) is 0 Å². The Morgan fingerprint density at radius 3 is 2.48 bits per heavy atom. The van der Waals surface area contributed by atoms with Crippen LogP contribution in [0.1, 0.15) is 23.6 Å². The van der Waals surface area contributed by atoms with Gasteiger partial charge >= 0.3 is 5.97 Å². The predicted octanol–water partition coefficient (Wildman–Crippen LogP) is 2.82. The summed E-state index contributed by atoms with van der Waals surface area (Å²) in [5.74, 6) is -0.891. The van der Waals surface area contributed by atoms with Crippen LogP contribution in [0.15, 0.2) is 60.7 Å². The van der Waals surface area contributed by atoms with Crippen molar-refractivity contribution in [3.8, 4) is 6.07 Å². The van der Waals surface area contributed by atoms with Gasteiger partial charge in [-0.2, -0.15) is 5.26 Å². The minimum atomic E-state index is -0.758. The molecule has 126 valence electrons. The van der Waals surface area contributed by atoms with E-state index in [1.54, 1.807) is 37.3 Å². The predicted molar refractivity (Wildman–Crippen MR) is 94.0 cm³/mol. The maximum atomic E-state index is 11.9. The number of hydrogen-bond acceptors (Lipinski definition) is 4. The van der Waals surface area contributed by atoms with E-state index in [1.807, 2.05) is 36.4 Å². The van der Waals surface area contributed by atoms with E-state index in [0.717, 1.165) is 11.1 Å². The summed E-state index contributed by atoms with van der Waals surface area (Å²) in [7, 11) is 0. The molecule has 0 radical (unpaired) electrons. The van der Waals surface area contributed by atoms with E-state index in [-0.39, 0.29) is 12.5 Å². The zero-order valence-electron chi connectivity index (χ0n) is 13.8. The average molecular weight is 334 g/mol. The third-order valence-electron chi connectivity index (χ3n) is 3.40. The second kappa shape index (κ2) is 9.04. The number of benzene rings is 2. The molecule has 2 aromatic rings. The number of carbonyl (C=O) groups is 2. The van der Waals surface area contributed by atoms with E-state index in [0.29, 0.717) is 5.56 Å². The van der Waals surface area contributed by atoms with Crippen molar-refractivity contribution in [2.45, 2.75) is 19.6 Å². The zero-order valence-corrected chi connectivity index (χ0v) is 13.8. The lowest BCUT2D eigenvalue weighted by Gasteiger charge is -2.12. The number of ether oxygens (including phenoxy) is 1. The molecule has 25 heavy (non-hydrogen) atoms. The van der Waals surface area contributed by atoms with Crippen LogP contribution in [0.3, 0.4) is 0 Å². The smallest absolute Gasteiger partial charge is 0.328 e. The molecule has 0 aliphatic heterocycles. The van der Waals surface area contributed by atoms with Crippen molar-refractivity contribution in [3.05, 3.63) is 77.4 Å². The molecule has 1 amide bonds. The Kier molecular flexibility index (Phi) is 6.49. The molecule has 5 nitrogen and oxygen atoms in total. The van der Waals surface area contributed by atoms with Crippen LogP contribution in [0.2, 0.25) is 0 Å². The van der Waals surface area contributed by atoms with Crippen LogP contribution < -0.4 is 5.32 Å². The molecule has 2 rings (SSSR count). The highest BCUT2D eigenvalue weighted by molar-refractivity contribution is 5.94. The Morgan fingerprint density at radius 2 is 1.84 bits per heavy atom. The van der Waals surface area contributed by atoms with Gasteiger partial charge in [0.2, 0.25) is 5.91 Å². The number of rotatable bonds is 6. The van der Waals surface area contributed by atoms with Crippen LogP contribution in [0.25, 0.3) is 6.08 Å². The Labute approximate surface area is 146 Å². The van der Waals surface area contributed by atoms with Crippen LogP contribution in [0.4, 0.5) is 0 Å². The van der Waals surface area contributed by atoms with Gasteiger partial charge in [0.1, 0.15) is 12.6 Å². The molecule has 0 aromatic heterocycles. The van der Waals surface area contributed by atoms with E-state index in [1.165, 1.54) is 6.08 Å². The van der Waals surface area contributed by atoms with E-state index < -0.39 is 12.0 Å². The number of amides is 1. The number of hydrogen-bond donors (Lipinski definition) is 1. The van der Waals surface area contributed by atoms with E-state index in [2.05, 4.69) is 5.32 Å². The molecule has 0 fully saturated rings. The molecule has 1 atom stereocenters. The molecule has 0 unspecified atom stereocenters. The van der Waals surface area contributed by atoms with Gasteiger partial charge in [-0.15, -0.1) is 0 Å². The van der Waals surface area contributed by atoms with Crippen molar-refractivity contribution in [2.75, 3.05) is 0 Å². The number of carbonyl (C=O) groups excluding carboxylic acids is 2. The molecule has 0 spiro atoms. The molecule has 0 aliphatic carbocycles. The maximum absolute atomic E-state index is 11.9. The summed E-state index contributed by atoms with van der Waals surface area (Å²) in [6, 6.07) is 17.4. The first-order valence-corrected chi connectivity index (χ1v) is 7.78. The second-order valence-corrected chi connectivity index (χ2v) is 5.39. The van der Waals surface area contributed by atoms with E-state index in [9.17, 15) is 9.59 Å². The van der Waals surface area contributed by atoms with Crippen molar-refractivity contribution in [1.29, 1.82) is 5.26 Å². The lowest BCUT2D eigenvalue weighted by molar-refractivity contribution is -0.148. The Bertz CT molecular complexity index is 790. The van der Waals surface area contributed by atoms with Gasteiger partial charge in [-0.1, -0.05) is 42.5 Å². The minimum absolute atomic E-state index is 0.0879. The monoisotopic (exact) mass is 334 g/mol. The number of nitrogens with zero attached hydrogens (tertiary/aromatic N) is 1. The lowest BCUT2D eigenvalue weighted by atomic mass is 10.1. The van der Waals surface area contributed by atoms with Crippen LogP contribution in [-0.2, 0) is 20.9 Å². The van der Waals surface area contributed by atoms with Gasteiger partial charge in [0.05, 0.1) is 11.6 Å². The normalized spacial score (nSPS) is 11.5. The fourth-order valence-corrected chi connectivity index (χ4v) is 2.01. The molecule has 0 bridgehead atoms. The fourth-order valence-electron chi connectivity index (χ4n) is 2.01.